The Morgan fingerprint density at radius 3 is 2.42 bits per heavy atom. The van der Waals surface area contributed by atoms with Crippen LogP contribution in [0.4, 0.5) is 5.69 Å². The average molecular weight is 282 g/mol. The Bertz CT molecular complexity index is 607. The number of carbonyl (C=O) groups excluding carboxylic acids is 2. The molecule has 0 bridgehead atoms. The molecule has 2 N–H and O–H groups in total. The number of amides is 2. The lowest BCUT2D eigenvalue weighted by Crippen LogP contribution is -2.37. The number of carbonyl (C=O) groups is 2. The standard InChI is InChI=1S/C12H14N2O4S/c1-19(17,18)9-4-2-8(3-5-9)13-12(16)10-6-7-11(15)14-10/h2-5,10H,6-7H2,1H3,(H,13,16)(H,14,15). The summed E-state index contributed by atoms with van der Waals surface area (Å²) < 4.78 is 22.6. The van der Waals surface area contributed by atoms with E-state index in [4.69, 9.17) is 0 Å². The van der Waals surface area contributed by atoms with E-state index in [-0.39, 0.29) is 16.7 Å². The van der Waals surface area contributed by atoms with E-state index in [1.165, 1.54) is 24.3 Å². The van der Waals surface area contributed by atoms with Crippen molar-refractivity contribution in [3.63, 3.8) is 0 Å². The Morgan fingerprint density at radius 2 is 1.95 bits per heavy atom. The number of rotatable bonds is 3. The van der Waals surface area contributed by atoms with Crippen LogP contribution in [0.25, 0.3) is 0 Å². The average Bonchev–Trinajstić information content (AvgIpc) is 2.75. The molecular formula is C12H14N2O4S. The van der Waals surface area contributed by atoms with Gasteiger partial charge in [-0.05, 0) is 30.7 Å². The van der Waals surface area contributed by atoms with Crippen molar-refractivity contribution in [2.45, 2.75) is 23.8 Å². The van der Waals surface area contributed by atoms with Crippen LogP contribution in [-0.2, 0) is 19.4 Å². The molecule has 0 radical (unpaired) electrons. The molecule has 1 aliphatic heterocycles. The van der Waals surface area contributed by atoms with E-state index in [0.717, 1.165) is 6.26 Å². The van der Waals surface area contributed by atoms with Gasteiger partial charge in [-0.3, -0.25) is 9.59 Å². The molecule has 7 heteroatoms. The molecule has 2 amide bonds. The first-order valence-corrected chi connectivity index (χ1v) is 7.66. The minimum absolute atomic E-state index is 0.132. The number of sulfone groups is 1. The summed E-state index contributed by atoms with van der Waals surface area (Å²) in [5.41, 5.74) is 0.499. The van der Waals surface area contributed by atoms with Gasteiger partial charge in [0, 0.05) is 18.4 Å². The quantitative estimate of drug-likeness (QED) is 0.834. The van der Waals surface area contributed by atoms with Crippen LogP contribution in [0, 0.1) is 0 Å². The zero-order valence-corrected chi connectivity index (χ0v) is 11.2. The van der Waals surface area contributed by atoms with Gasteiger partial charge in [0.2, 0.25) is 11.8 Å². The van der Waals surface area contributed by atoms with E-state index in [1.807, 2.05) is 0 Å². The summed E-state index contributed by atoms with van der Waals surface area (Å²) in [7, 11) is -3.24. The topological polar surface area (TPSA) is 92.3 Å². The maximum atomic E-state index is 11.8. The van der Waals surface area contributed by atoms with Crippen LogP contribution in [0.5, 0.6) is 0 Å². The van der Waals surface area contributed by atoms with E-state index in [0.29, 0.717) is 18.5 Å². The molecular weight excluding hydrogens is 268 g/mol. The van der Waals surface area contributed by atoms with Crippen LogP contribution in [0.15, 0.2) is 29.2 Å². The van der Waals surface area contributed by atoms with Crippen LogP contribution in [-0.4, -0.2) is 32.5 Å². The first kappa shape index (κ1) is 13.5. The molecule has 19 heavy (non-hydrogen) atoms. The van der Waals surface area contributed by atoms with Gasteiger partial charge in [0.05, 0.1) is 4.90 Å². The van der Waals surface area contributed by atoms with Crippen molar-refractivity contribution in [2.75, 3.05) is 11.6 Å². The second-order valence-corrected chi connectivity index (χ2v) is 6.46. The van der Waals surface area contributed by atoms with Gasteiger partial charge in [0.1, 0.15) is 6.04 Å². The van der Waals surface area contributed by atoms with Gasteiger partial charge >= 0.3 is 0 Å². The van der Waals surface area contributed by atoms with Crippen molar-refractivity contribution < 1.29 is 18.0 Å². The summed E-state index contributed by atoms with van der Waals surface area (Å²) in [6.45, 7) is 0. The summed E-state index contributed by atoms with van der Waals surface area (Å²) in [5, 5.41) is 5.20. The van der Waals surface area contributed by atoms with Crippen LogP contribution in [0.1, 0.15) is 12.8 Å². The van der Waals surface area contributed by atoms with Crippen molar-refractivity contribution in [1.29, 1.82) is 0 Å². The van der Waals surface area contributed by atoms with Crippen LogP contribution in [0.3, 0.4) is 0 Å². The minimum atomic E-state index is -3.24. The molecule has 0 aromatic heterocycles. The van der Waals surface area contributed by atoms with Gasteiger partial charge in [0.15, 0.2) is 9.84 Å². The molecule has 1 saturated heterocycles. The molecule has 1 heterocycles. The van der Waals surface area contributed by atoms with Crippen LogP contribution >= 0.6 is 0 Å². The second-order valence-electron chi connectivity index (χ2n) is 4.44. The van der Waals surface area contributed by atoms with Crippen molar-refractivity contribution >= 4 is 27.3 Å². The lowest BCUT2D eigenvalue weighted by atomic mass is 10.2. The molecule has 1 unspecified atom stereocenters. The predicted molar refractivity (Wildman–Crippen MR) is 69.3 cm³/mol. The Morgan fingerprint density at radius 1 is 1.32 bits per heavy atom. The summed E-state index contributed by atoms with van der Waals surface area (Å²) in [4.78, 5) is 23.0. The third-order valence-corrected chi connectivity index (χ3v) is 3.99. The molecule has 1 fully saturated rings. The maximum absolute atomic E-state index is 11.8. The Hall–Kier alpha value is -1.89. The second kappa shape index (κ2) is 5.00. The molecule has 1 atom stereocenters. The van der Waals surface area contributed by atoms with Gasteiger partial charge in [-0.15, -0.1) is 0 Å². The zero-order chi connectivity index (χ0) is 14.0. The van der Waals surface area contributed by atoms with Gasteiger partial charge < -0.3 is 10.6 Å². The molecule has 1 aromatic rings. The van der Waals surface area contributed by atoms with E-state index in [2.05, 4.69) is 10.6 Å². The molecule has 1 aromatic carbocycles. The SMILES string of the molecule is CS(=O)(=O)c1ccc(NC(=O)C2CCC(=O)N2)cc1. The molecule has 0 saturated carbocycles. The molecule has 0 aliphatic carbocycles. The first-order valence-electron chi connectivity index (χ1n) is 5.76. The van der Waals surface area contributed by atoms with E-state index < -0.39 is 15.9 Å². The number of nitrogens with one attached hydrogen (secondary N) is 2. The van der Waals surface area contributed by atoms with Crippen molar-refractivity contribution in [3.05, 3.63) is 24.3 Å². The summed E-state index contributed by atoms with van der Waals surface area (Å²) in [6.07, 6.45) is 1.95. The van der Waals surface area contributed by atoms with Crippen molar-refractivity contribution in [2.24, 2.45) is 0 Å². The van der Waals surface area contributed by atoms with Gasteiger partial charge in [-0.2, -0.15) is 0 Å². The molecule has 1 aliphatic rings. The van der Waals surface area contributed by atoms with E-state index in [9.17, 15) is 18.0 Å². The first-order chi connectivity index (χ1) is 8.86. The molecule has 0 spiro atoms. The highest BCUT2D eigenvalue weighted by Crippen LogP contribution is 2.15. The monoisotopic (exact) mass is 282 g/mol. The van der Waals surface area contributed by atoms with Crippen LogP contribution in [0.2, 0.25) is 0 Å². The van der Waals surface area contributed by atoms with Crippen LogP contribution < -0.4 is 10.6 Å². The van der Waals surface area contributed by atoms with Crippen molar-refractivity contribution in [3.8, 4) is 0 Å². The highest BCUT2D eigenvalue weighted by Gasteiger charge is 2.27. The lowest BCUT2D eigenvalue weighted by Gasteiger charge is -2.11. The third-order valence-electron chi connectivity index (χ3n) is 2.86. The number of benzene rings is 1. The fourth-order valence-corrected chi connectivity index (χ4v) is 2.46. The Labute approximate surface area is 111 Å². The number of hydrogen-bond acceptors (Lipinski definition) is 4. The largest absolute Gasteiger partial charge is 0.344 e. The molecule has 2 rings (SSSR count). The van der Waals surface area contributed by atoms with E-state index in [1.54, 1.807) is 0 Å². The smallest absolute Gasteiger partial charge is 0.246 e. The zero-order valence-electron chi connectivity index (χ0n) is 10.3. The highest BCUT2D eigenvalue weighted by atomic mass is 32.2. The fraction of sp³-hybridized carbons (Fsp3) is 0.333. The summed E-state index contributed by atoms with van der Waals surface area (Å²) in [6, 6.07) is 5.38. The Balaban J connectivity index is 2.04. The number of anilines is 1. The molecule has 102 valence electrons. The molecule has 6 nitrogen and oxygen atoms in total. The Kier molecular flexibility index (Phi) is 3.57. The third kappa shape index (κ3) is 3.31. The minimum Gasteiger partial charge on any atom is -0.344 e. The van der Waals surface area contributed by atoms with Crippen molar-refractivity contribution in [1.82, 2.24) is 5.32 Å². The number of hydrogen-bond donors (Lipinski definition) is 2. The van der Waals surface area contributed by atoms with Gasteiger partial charge in [-0.25, -0.2) is 8.42 Å². The van der Waals surface area contributed by atoms with E-state index >= 15 is 0 Å². The fourth-order valence-electron chi connectivity index (χ4n) is 1.83. The normalized spacial score (nSPS) is 19.0. The lowest BCUT2D eigenvalue weighted by molar-refractivity contribution is -0.122. The van der Waals surface area contributed by atoms with Gasteiger partial charge in [0.25, 0.3) is 0 Å². The van der Waals surface area contributed by atoms with Gasteiger partial charge in [-0.1, -0.05) is 0 Å². The summed E-state index contributed by atoms with van der Waals surface area (Å²) >= 11 is 0. The predicted octanol–water partition coefficient (Wildman–Crippen LogP) is 0.307. The highest BCUT2D eigenvalue weighted by molar-refractivity contribution is 7.90. The maximum Gasteiger partial charge on any atom is 0.246 e. The summed E-state index contributed by atoms with van der Waals surface area (Å²) in [5.74, 6) is -0.425.